The summed E-state index contributed by atoms with van der Waals surface area (Å²) in [6.07, 6.45) is 2.47. The van der Waals surface area contributed by atoms with E-state index in [0.29, 0.717) is 0 Å². The van der Waals surface area contributed by atoms with Gasteiger partial charge >= 0.3 is 0 Å². The largest absolute Gasteiger partial charge is 0.0906 e. The lowest BCUT2D eigenvalue weighted by molar-refractivity contribution is 1.46. The van der Waals surface area contributed by atoms with Gasteiger partial charge in [0, 0.05) is 0 Å². The maximum Gasteiger partial charge on any atom is 0.0682 e. The molecular formula is C15H26Si2. The van der Waals surface area contributed by atoms with Crippen molar-refractivity contribution in [2.45, 2.75) is 46.2 Å². The highest BCUT2D eigenvalue weighted by atomic mass is 28.4. The van der Waals surface area contributed by atoms with Crippen LogP contribution in [0.15, 0.2) is 29.1 Å². The predicted octanol–water partition coefficient (Wildman–Crippen LogP) is 5.13. The molecule has 0 unspecified atom stereocenters. The first-order valence-electron chi connectivity index (χ1n) is 6.40. The van der Waals surface area contributed by atoms with Gasteiger partial charge in [-0.2, -0.15) is 0 Å². The van der Waals surface area contributed by atoms with Gasteiger partial charge in [-0.25, -0.2) is 0 Å². The summed E-state index contributed by atoms with van der Waals surface area (Å²) in [5, 5.41) is 0. The molecule has 0 radical (unpaired) electrons. The Morgan fingerprint density at radius 3 is 1.59 bits per heavy atom. The van der Waals surface area contributed by atoms with Gasteiger partial charge in [-0.3, -0.25) is 0 Å². The van der Waals surface area contributed by atoms with Crippen molar-refractivity contribution in [3.63, 3.8) is 0 Å². The maximum atomic E-state index is 2.47. The molecular weight excluding hydrogens is 236 g/mol. The van der Waals surface area contributed by atoms with Crippen LogP contribution in [-0.2, 0) is 0 Å². The maximum absolute atomic E-state index is 2.47. The molecule has 0 aromatic heterocycles. The average molecular weight is 263 g/mol. The van der Waals surface area contributed by atoms with Gasteiger partial charge in [-0.05, 0) is 12.5 Å². The summed E-state index contributed by atoms with van der Waals surface area (Å²) in [5.41, 5.74) is 2.71. The molecule has 0 aliphatic rings. The van der Waals surface area contributed by atoms with Crippen molar-refractivity contribution in [2.24, 2.45) is 0 Å². The lowest BCUT2D eigenvalue weighted by Crippen LogP contribution is -2.39. The second-order valence-corrected chi connectivity index (χ2v) is 17.5. The minimum absolute atomic E-state index is 1.20. The average Bonchev–Trinajstić information content (AvgIpc) is 2.13. The minimum Gasteiger partial charge on any atom is -0.0906 e. The van der Waals surface area contributed by atoms with Gasteiger partial charge in [0.05, 0.1) is 16.1 Å². The van der Waals surface area contributed by atoms with E-state index in [1.165, 1.54) is 11.1 Å². The Morgan fingerprint density at radius 2 is 1.24 bits per heavy atom. The first kappa shape index (κ1) is 14.5. The second kappa shape index (κ2) is 4.95. The van der Waals surface area contributed by atoms with Crippen molar-refractivity contribution >= 4 is 22.2 Å². The number of rotatable bonds is 3. The Hall–Kier alpha value is -0.606. The molecule has 2 heteroatoms. The fourth-order valence-corrected chi connectivity index (χ4v) is 12.6. The van der Waals surface area contributed by atoms with Gasteiger partial charge in [0.2, 0.25) is 0 Å². The molecule has 0 heterocycles. The van der Waals surface area contributed by atoms with Gasteiger partial charge in [-0.15, -0.1) is 0 Å². The molecule has 0 spiro atoms. The van der Waals surface area contributed by atoms with E-state index in [2.05, 4.69) is 76.5 Å². The van der Waals surface area contributed by atoms with E-state index in [0.717, 1.165) is 0 Å². The molecule has 1 rings (SSSR count). The first-order chi connectivity index (χ1) is 7.60. The third kappa shape index (κ3) is 4.28. The quantitative estimate of drug-likeness (QED) is 0.662. The van der Waals surface area contributed by atoms with Crippen LogP contribution >= 0.6 is 0 Å². The Labute approximate surface area is 109 Å². The molecule has 94 valence electrons. The van der Waals surface area contributed by atoms with E-state index in [-0.39, 0.29) is 0 Å². The normalized spacial score (nSPS) is 12.4. The summed E-state index contributed by atoms with van der Waals surface area (Å²) in [4.78, 5) is 1.77. The fourth-order valence-electron chi connectivity index (χ4n) is 2.39. The van der Waals surface area contributed by atoms with Crippen LogP contribution in [0.5, 0.6) is 0 Å². The van der Waals surface area contributed by atoms with Crippen LogP contribution in [-0.4, -0.2) is 16.1 Å². The molecule has 0 fully saturated rings. The van der Waals surface area contributed by atoms with Crippen molar-refractivity contribution in [3.05, 3.63) is 40.2 Å². The highest BCUT2D eigenvalue weighted by molar-refractivity contribution is 7.05. The Morgan fingerprint density at radius 1 is 0.824 bits per heavy atom. The SMILES string of the molecule is Cc1ccc(C=C([Si](C)(C)C)[Si](C)(C)C)cc1. The van der Waals surface area contributed by atoms with Gasteiger partial charge in [0.15, 0.2) is 0 Å². The smallest absolute Gasteiger partial charge is 0.0682 e. The van der Waals surface area contributed by atoms with Gasteiger partial charge in [-0.1, -0.05) is 80.0 Å². The molecule has 0 aliphatic carbocycles. The van der Waals surface area contributed by atoms with Crippen LogP contribution in [0, 0.1) is 6.92 Å². The Kier molecular flexibility index (Phi) is 4.21. The standard InChI is InChI=1S/C15H26Si2/c1-13-8-10-14(11-9-13)12-15(16(2,3)4)17(5,6)7/h8-12H,1-7H3. The molecule has 0 saturated heterocycles. The summed E-state index contributed by atoms with van der Waals surface area (Å²) in [5.74, 6) is 0. The van der Waals surface area contributed by atoms with Crippen LogP contribution < -0.4 is 0 Å². The van der Waals surface area contributed by atoms with Gasteiger partial charge in [0.25, 0.3) is 0 Å². The van der Waals surface area contributed by atoms with Crippen LogP contribution in [0.25, 0.3) is 6.08 Å². The zero-order valence-electron chi connectivity index (χ0n) is 12.4. The summed E-state index contributed by atoms with van der Waals surface area (Å²) < 4.78 is 0. The highest BCUT2D eigenvalue weighted by Gasteiger charge is 2.30. The van der Waals surface area contributed by atoms with Crippen LogP contribution in [0.2, 0.25) is 39.3 Å². The number of aryl methyl sites for hydroxylation is 1. The molecule has 0 N–H and O–H groups in total. The molecule has 1 aromatic rings. The molecule has 0 aliphatic heterocycles. The monoisotopic (exact) mass is 262 g/mol. The lowest BCUT2D eigenvalue weighted by Gasteiger charge is -2.31. The lowest BCUT2D eigenvalue weighted by atomic mass is 10.1. The van der Waals surface area contributed by atoms with Gasteiger partial charge < -0.3 is 0 Å². The number of hydrogen-bond donors (Lipinski definition) is 0. The highest BCUT2D eigenvalue weighted by Crippen LogP contribution is 2.27. The molecule has 0 saturated carbocycles. The van der Waals surface area contributed by atoms with E-state index in [1.807, 2.05) is 0 Å². The third-order valence-corrected chi connectivity index (χ3v) is 11.0. The zero-order valence-corrected chi connectivity index (χ0v) is 14.4. The molecule has 1 aromatic carbocycles. The van der Waals surface area contributed by atoms with Crippen LogP contribution in [0.4, 0.5) is 0 Å². The Bertz CT molecular complexity index is 384. The molecule has 0 amide bonds. The van der Waals surface area contributed by atoms with E-state index in [9.17, 15) is 0 Å². The van der Waals surface area contributed by atoms with Crippen molar-refractivity contribution in [2.75, 3.05) is 0 Å². The van der Waals surface area contributed by atoms with Crippen molar-refractivity contribution in [1.82, 2.24) is 0 Å². The van der Waals surface area contributed by atoms with Crippen molar-refractivity contribution in [3.8, 4) is 0 Å². The van der Waals surface area contributed by atoms with E-state index in [4.69, 9.17) is 0 Å². The minimum atomic E-state index is -1.20. The van der Waals surface area contributed by atoms with E-state index >= 15 is 0 Å². The summed E-state index contributed by atoms with van der Waals surface area (Å²) in [6.45, 7) is 16.9. The molecule has 0 nitrogen and oxygen atoms in total. The molecule has 0 atom stereocenters. The van der Waals surface area contributed by atoms with Crippen LogP contribution in [0.1, 0.15) is 11.1 Å². The Balaban J connectivity index is 3.20. The summed E-state index contributed by atoms with van der Waals surface area (Å²) >= 11 is 0. The topological polar surface area (TPSA) is 0 Å². The van der Waals surface area contributed by atoms with E-state index in [1.54, 1.807) is 4.82 Å². The van der Waals surface area contributed by atoms with Crippen molar-refractivity contribution < 1.29 is 0 Å². The number of benzene rings is 1. The third-order valence-electron chi connectivity index (χ3n) is 3.00. The predicted molar refractivity (Wildman–Crippen MR) is 85.8 cm³/mol. The van der Waals surface area contributed by atoms with Gasteiger partial charge in [0.1, 0.15) is 0 Å². The van der Waals surface area contributed by atoms with Crippen molar-refractivity contribution in [1.29, 1.82) is 0 Å². The van der Waals surface area contributed by atoms with E-state index < -0.39 is 16.1 Å². The number of hydrogen-bond acceptors (Lipinski definition) is 0. The van der Waals surface area contributed by atoms with Crippen LogP contribution in [0.3, 0.4) is 0 Å². The molecule has 0 bridgehead atoms. The first-order valence-corrected chi connectivity index (χ1v) is 13.4. The summed E-state index contributed by atoms with van der Waals surface area (Å²) in [6, 6.07) is 8.90. The second-order valence-electron chi connectivity index (χ2n) is 6.97. The molecule has 17 heavy (non-hydrogen) atoms. The zero-order chi connectivity index (χ0) is 13.3. The fraction of sp³-hybridized carbons (Fsp3) is 0.467. The summed E-state index contributed by atoms with van der Waals surface area (Å²) in [7, 11) is -2.39.